The average molecular weight is 275 g/mol. The highest BCUT2D eigenvalue weighted by atomic mass is 16.1. The van der Waals surface area contributed by atoms with Gasteiger partial charge in [0.1, 0.15) is 12.7 Å². The SMILES string of the molecule is CC(CNC(=O)c1cnc(N(C)C)nc1)n1cncn1. The highest BCUT2D eigenvalue weighted by Gasteiger charge is 2.10. The number of anilines is 1. The summed E-state index contributed by atoms with van der Waals surface area (Å²) in [7, 11) is 3.68. The quantitative estimate of drug-likeness (QED) is 0.834. The second-order valence-corrected chi connectivity index (χ2v) is 4.60. The van der Waals surface area contributed by atoms with Gasteiger partial charge in [-0.3, -0.25) is 4.79 Å². The maximum absolute atomic E-state index is 11.9. The maximum Gasteiger partial charge on any atom is 0.254 e. The van der Waals surface area contributed by atoms with Gasteiger partial charge in [-0.05, 0) is 6.92 Å². The van der Waals surface area contributed by atoms with Gasteiger partial charge in [0, 0.05) is 33.0 Å². The number of rotatable bonds is 5. The van der Waals surface area contributed by atoms with E-state index in [4.69, 9.17) is 0 Å². The van der Waals surface area contributed by atoms with Gasteiger partial charge in [0.05, 0.1) is 11.6 Å². The van der Waals surface area contributed by atoms with Crippen molar-refractivity contribution in [3.8, 4) is 0 Å². The summed E-state index contributed by atoms with van der Waals surface area (Å²) in [6.45, 7) is 2.40. The van der Waals surface area contributed by atoms with Crippen molar-refractivity contribution in [2.75, 3.05) is 25.5 Å². The predicted octanol–water partition coefficient (Wildman–Crippen LogP) is 0.125. The lowest BCUT2D eigenvalue weighted by Gasteiger charge is -2.13. The van der Waals surface area contributed by atoms with Gasteiger partial charge >= 0.3 is 0 Å². The summed E-state index contributed by atoms with van der Waals surface area (Å²) in [5, 5.41) is 6.84. The van der Waals surface area contributed by atoms with E-state index in [1.807, 2.05) is 21.0 Å². The van der Waals surface area contributed by atoms with Gasteiger partial charge in [-0.2, -0.15) is 5.10 Å². The summed E-state index contributed by atoms with van der Waals surface area (Å²) < 4.78 is 1.69. The first-order chi connectivity index (χ1) is 9.58. The Labute approximate surface area is 116 Å². The minimum atomic E-state index is -0.206. The molecule has 0 aliphatic carbocycles. The fourth-order valence-corrected chi connectivity index (χ4v) is 1.55. The molecule has 0 aliphatic rings. The van der Waals surface area contributed by atoms with E-state index in [0.29, 0.717) is 18.1 Å². The van der Waals surface area contributed by atoms with E-state index in [1.54, 1.807) is 15.9 Å². The van der Waals surface area contributed by atoms with Crippen LogP contribution in [-0.2, 0) is 0 Å². The Bertz CT molecular complexity index is 550. The van der Waals surface area contributed by atoms with E-state index < -0.39 is 0 Å². The minimum absolute atomic E-state index is 0.0309. The van der Waals surface area contributed by atoms with Crippen LogP contribution in [0.1, 0.15) is 23.3 Å². The van der Waals surface area contributed by atoms with Crippen LogP contribution in [0.15, 0.2) is 25.0 Å². The van der Waals surface area contributed by atoms with Crippen molar-refractivity contribution in [3.05, 3.63) is 30.6 Å². The Morgan fingerprint density at radius 3 is 2.65 bits per heavy atom. The van der Waals surface area contributed by atoms with Gasteiger partial charge in [0.15, 0.2) is 0 Å². The minimum Gasteiger partial charge on any atom is -0.350 e. The molecule has 1 amide bonds. The van der Waals surface area contributed by atoms with Crippen molar-refractivity contribution in [1.82, 2.24) is 30.0 Å². The van der Waals surface area contributed by atoms with Crippen LogP contribution in [0.4, 0.5) is 5.95 Å². The summed E-state index contributed by atoms with van der Waals surface area (Å²) in [5.74, 6) is 0.361. The maximum atomic E-state index is 11.9. The molecule has 0 saturated heterocycles. The Balaban J connectivity index is 1.91. The predicted molar refractivity (Wildman–Crippen MR) is 73.4 cm³/mol. The summed E-state index contributed by atoms with van der Waals surface area (Å²) in [4.78, 5) is 25.8. The second-order valence-electron chi connectivity index (χ2n) is 4.60. The zero-order valence-electron chi connectivity index (χ0n) is 11.7. The molecule has 2 heterocycles. The van der Waals surface area contributed by atoms with Crippen molar-refractivity contribution < 1.29 is 4.79 Å². The molecule has 106 valence electrons. The molecular formula is C12H17N7O. The topological polar surface area (TPSA) is 88.8 Å². The summed E-state index contributed by atoms with van der Waals surface area (Å²) in [6, 6.07) is 0.0309. The van der Waals surface area contributed by atoms with E-state index in [-0.39, 0.29) is 11.9 Å². The molecule has 1 N–H and O–H groups in total. The number of carbonyl (C=O) groups excluding carboxylic acids is 1. The molecule has 0 spiro atoms. The van der Waals surface area contributed by atoms with Gasteiger partial charge in [0.25, 0.3) is 5.91 Å². The van der Waals surface area contributed by atoms with E-state index >= 15 is 0 Å². The monoisotopic (exact) mass is 275 g/mol. The average Bonchev–Trinajstić information content (AvgIpc) is 2.98. The lowest BCUT2D eigenvalue weighted by Crippen LogP contribution is -2.30. The first-order valence-electron chi connectivity index (χ1n) is 6.19. The first kappa shape index (κ1) is 13.9. The zero-order valence-corrected chi connectivity index (χ0v) is 11.7. The van der Waals surface area contributed by atoms with Crippen LogP contribution >= 0.6 is 0 Å². The lowest BCUT2D eigenvalue weighted by atomic mass is 10.3. The number of hydrogen-bond donors (Lipinski definition) is 1. The van der Waals surface area contributed by atoms with Crippen molar-refractivity contribution in [2.45, 2.75) is 13.0 Å². The fourth-order valence-electron chi connectivity index (χ4n) is 1.55. The van der Waals surface area contributed by atoms with Gasteiger partial charge in [-0.1, -0.05) is 0 Å². The van der Waals surface area contributed by atoms with Crippen molar-refractivity contribution in [1.29, 1.82) is 0 Å². The number of amides is 1. The Morgan fingerprint density at radius 1 is 1.40 bits per heavy atom. The molecule has 2 aromatic heterocycles. The normalized spacial score (nSPS) is 11.9. The third kappa shape index (κ3) is 3.28. The number of carbonyl (C=O) groups is 1. The Morgan fingerprint density at radius 2 is 2.10 bits per heavy atom. The largest absolute Gasteiger partial charge is 0.350 e. The smallest absolute Gasteiger partial charge is 0.254 e. The van der Waals surface area contributed by atoms with Gasteiger partial charge in [0.2, 0.25) is 5.95 Å². The molecule has 0 fully saturated rings. The zero-order chi connectivity index (χ0) is 14.5. The van der Waals surface area contributed by atoms with Gasteiger partial charge in [-0.25, -0.2) is 19.6 Å². The molecule has 0 bridgehead atoms. The van der Waals surface area contributed by atoms with Crippen LogP contribution < -0.4 is 10.2 Å². The molecule has 0 aromatic carbocycles. The van der Waals surface area contributed by atoms with Crippen molar-refractivity contribution >= 4 is 11.9 Å². The molecule has 20 heavy (non-hydrogen) atoms. The number of nitrogens with one attached hydrogen (secondary N) is 1. The second kappa shape index (κ2) is 6.09. The van der Waals surface area contributed by atoms with Crippen molar-refractivity contribution in [3.63, 3.8) is 0 Å². The standard InChI is InChI=1S/C12H17N7O/c1-9(19-8-13-7-17-19)4-14-11(20)10-5-15-12(16-6-10)18(2)3/h5-9H,4H2,1-3H3,(H,14,20). The summed E-state index contributed by atoms with van der Waals surface area (Å²) in [6.07, 6.45) is 6.10. The number of hydrogen-bond acceptors (Lipinski definition) is 6. The third-order valence-corrected chi connectivity index (χ3v) is 2.75. The molecule has 8 heteroatoms. The number of aromatic nitrogens is 5. The van der Waals surface area contributed by atoms with Crippen LogP contribution in [-0.4, -0.2) is 51.3 Å². The van der Waals surface area contributed by atoms with Crippen molar-refractivity contribution in [2.24, 2.45) is 0 Å². The fraction of sp³-hybridized carbons (Fsp3) is 0.417. The van der Waals surface area contributed by atoms with Crippen LogP contribution in [0.5, 0.6) is 0 Å². The molecule has 0 aliphatic heterocycles. The molecular weight excluding hydrogens is 258 g/mol. The Kier molecular flexibility index (Phi) is 4.24. The molecule has 2 aromatic rings. The summed E-state index contributed by atoms with van der Waals surface area (Å²) >= 11 is 0. The van der Waals surface area contributed by atoms with E-state index in [2.05, 4.69) is 25.4 Å². The van der Waals surface area contributed by atoms with E-state index in [1.165, 1.54) is 18.7 Å². The Hall–Kier alpha value is -2.51. The molecule has 2 rings (SSSR count). The van der Waals surface area contributed by atoms with E-state index in [9.17, 15) is 4.79 Å². The third-order valence-electron chi connectivity index (χ3n) is 2.75. The van der Waals surface area contributed by atoms with Gasteiger partial charge in [-0.15, -0.1) is 0 Å². The highest BCUT2D eigenvalue weighted by molar-refractivity contribution is 5.93. The highest BCUT2D eigenvalue weighted by Crippen LogP contribution is 2.04. The molecule has 0 saturated carbocycles. The van der Waals surface area contributed by atoms with Crippen LogP contribution in [0.2, 0.25) is 0 Å². The molecule has 1 atom stereocenters. The van der Waals surface area contributed by atoms with Crippen LogP contribution in [0.25, 0.3) is 0 Å². The molecule has 1 unspecified atom stereocenters. The summed E-state index contributed by atoms with van der Waals surface area (Å²) in [5.41, 5.74) is 0.432. The first-order valence-corrected chi connectivity index (χ1v) is 6.19. The van der Waals surface area contributed by atoms with Crippen LogP contribution in [0.3, 0.4) is 0 Å². The molecule has 0 radical (unpaired) electrons. The lowest BCUT2D eigenvalue weighted by molar-refractivity contribution is 0.0947. The molecule has 8 nitrogen and oxygen atoms in total. The van der Waals surface area contributed by atoms with E-state index in [0.717, 1.165) is 0 Å². The number of nitrogens with zero attached hydrogens (tertiary/aromatic N) is 6. The van der Waals surface area contributed by atoms with Gasteiger partial charge < -0.3 is 10.2 Å². The van der Waals surface area contributed by atoms with Crippen LogP contribution in [0, 0.1) is 0 Å².